The van der Waals surface area contributed by atoms with Crippen LogP contribution in [0, 0.1) is 5.82 Å². The number of nitrogens with zero attached hydrogens (tertiary/aromatic N) is 1. The summed E-state index contributed by atoms with van der Waals surface area (Å²) >= 11 is 0. The molecule has 5 nitrogen and oxygen atoms in total. The summed E-state index contributed by atoms with van der Waals surface area (Å²) in [6.45, 7) is 0. The van der Waals surface area contributed by atoms with Gasteiger partial charge in [0, 0.05) is 6.42 Å². The van der Waals surface area contributed by atoms with Gasteiger partial charge in [0.15, 0.2) is 5.58 Å². The van der Waals surface area contributed by atoms with Crippen molar-refractivity contribution in [3.05, 3.63) is 59.9 Å². The number of aromatic nitrogens is 1. The lowest BCUT2D eigenvalue weighted by atomic mass is 10.1. The predicted octanol–water partition coefficient (Wildman–Crippen LogP) is 3.07. The molecule has 0 bridgehead atoms. The maximum Gasteiger partial charge on any atom is 0.326 e. The monoisotopic (exact) mass is 300 g/mol. The van der Waals surface area contributed by atoms with E-state index in [1.54, 1.807) is 24.3 Å². The summed E-state index contributed by atoms with van der Waals surface area (Å²) in [6.07, 6.45) is 0.189. The van der Waals surface area contributed by atoms with Gasteiger partial charge in [-0.05, 0) is 29.8 Å². The van der Waals surface area contributed by atoms with Gasteiger partial charge in [-0.2, -0.15) is 4.98 Å². The van der Waals surface area contributed by atoms with Crippen LogP contribution in [0.5, 0.6) is 0 Å². The number of rotatable bonds is 5. The van der Waals surface area contributed by atoms with Crippen LogP contribution in [0.4, 0.5) is 10.4 Å². The summed E-state index contributed by atoms with van der Waals surface area (Å²) in [4.78, 5) is 15.6. The molecule has 0 saturated heterocycles. The smallest absolute Gasteiger partial charge is 0.326 e. The van der Waals surface area contributed by atoms with Crippen molar-refractivity contribution in [1.29, 1.82) is 0 Å². The first-order valence-corrected chi connectivity index (χ1v) is 6.71. The fourth-order valence-corrected chi connectivity index (χ4v) is 2.14. The number of carboxylic acid groups (broad SMARTS) is 1. The van der Waals surface area contributed by atoms with Crippen LogP contribution >= 0.6 is 0 Å². The van der Waals surface area contributed by atoms with E-state index in [1.807, 2.05) is 12.1 Å². The molecule has 1 atom stereocenters. The number of carboxylic acids is 1. The zero-order chi connectivity index (χ0) is 15.5. The molecule has 1 heterocycles. The van der Waals surface area contributed by atoms with E-state index in [1.165, 1.54) is 12.1 Å². The molecule has 3 rings (SSSR count). The average molecular weight is 300 g/mol. The minimum absolute atomic E-state index is 0.149. The van der Waals surface area contributed by atoms with Gasteiger partial charge in [-0.3, -0.25) is 0 Å². The zero-order valence-corrected chi connectivity index (χ0v) is 11.5. The highest BCUT2D eigenvalue weighted by Crippen LogP contribution is 2.19. The number of carbonyl (C=O) groups is 1. The SMILES string of the molecule is O=C(O)C(Cc1ccc(F)cc1)Nc1nc2ccccc2o1. The van der Waals surface area contributed by atoms with E-state index in [4.69, 9.17) is 4.42 Å². The first kappa shape index (κ1) is 14.1. The molecule has 0 spiro atoms. The Morgan fingerprint density at radius 1 is 1.23 bits per heavy atom. The van der Waals surface area contributed by atoms with Crippen LogP contribution in [0.15, 0.2) is 52.9 Å². The van der Waals surface area contributed by atoms with Crippen LogP contribution in [0.3, 0.4) is 0 Å². The van der Waals surface area contributed by atoms with Crippen molar-refractivity contribution in [2.45, 2.75) is 12.5 Å². The van der Waals surface area contributed by atoms with E-state index >= 15 is 0 Å². The number of halogens is 1. The van der Waals surface area contributed by atoms with E-state index in [9.17, 15) is 14.3 Å². The summed E-state index contributed by atoms with van der Waals surface area (Å²) in [7, 11) is 0. The van der Waals surface area contributed by atoms with Crippen LogP contribution in [0.2, 0.25) is 0 Å². The summed E-state index contributed by atoms with van der Waals surface area (Å²) < 4.78 is 18.4. The van der Waals surface area contributed by atoms with Crippen molar-refractivity contribution >= 4 is 23.1 Å². The highest BCUT2D eigenvalue weighted by atomic mass is 19.1. The Hall–Kier alpha value is -2.89. The van der Waals surface area contributed by atoms with Crippen molar-refractivity contribution in [3.63, 3.8) is 0 Å². The van der Waals surface area contributed by atoms with E-state index in [-0.39, 0.29) is 18.3 Å². The van der Waals surface area contributed by atoms with E-state index in [0.29, 0.717) is 16.7 Å². The molecule has 0 fully saturated rings. The van der Waals surface area contributed by atoms with Gasteiger partial charge in [-0.25, -0.2) is 9.18 Å². The summed E-state index contributed by atoms with van der Waals surface area (Å²) in [5.41, 5.74) is 1.93. The maximum absolute atomic E-state index is 12.9. The average Bonchev–Trinajstić information content (AvgIpc) is 2.91. The van der Waals surface area contributed by atoms with Crippen LogP contribution in [-0.4, -0.2) is 22.1 Å². The van der Waals surface area contributed by atoms with Crippen molar-refractivity contribution in [2.24, 2.45) is 0 Å². The third-order valence-electron chi connectivity index (χ3n) is 3.24. The topological polar surface area (TPSA) is 75.4 Å². The molecule has 0 aliphatic carbocycles. The van der Waals surface area contributed by atoms with Crippen molar-refractivity contribution < 1.29 is 18.7 Å². The second-order valence-electron chi connectivity index (χ2n) is 4.85. The third kappa shape index (κ3) is 3.06. The molecular formula is C16H13FN2O3. The number of hydrogen-bond donors (Lipinski definition) is 2. The minimum Gasteiger partial charge on any atom is -0.480 e. The first-order valence-electron chi connectivity index (χ1n) is 6.71. The van der Waals surface area contributed by atoms with Gasteiger partial charge in [0.05, 0.1) is 0 Å². The molecule has 0 aliphatic heterocycles. The molecule has 3 aromatic rings. The Balaban J connectivity index is 1.79. The largest absolute Gasteiger partial charge is 0.480 e. The van der Waals surface area contributed by atoms with E-state index in [0.717, 1.165) is 0 Å². The van der Waals surface area contributed by atoms with E-state index < -0.39 is 12.0 Å². The molecule has 112 valence electrons. The van der Waals surface area contributed by atoms with Gasteiger partial charge >= 0.3 is 5.97 Å². The fraction of sp³-hybridized carbons (Fsp3) is 0.125. The molecule has 1 aromatic heterocycles. The predicted molar refractivity (Wildman–Crippen MR) is 79.2 cm³/mol. The van der Waals surface area contributed by atoms with Crippen molar-refractivity contribution in [1.82, 2.24) is 4.98 Å². The summed E-state index contributed by atoms with van der Waals surface area (Å²) in [5.74, 6) is -1.39. The van der Waals surface area contributed by atoms with Gasteiger partial charge in [0.2, 0.25) is 0 Å². The molecular weight excluding hydrogens is 287 g/mol. The number of aliphatic carboxylic acids is 1. The lowest BCUT2D eigenvalue weighted by Gasteiger charge is -2.12. The number of fused-ring (bicyclic) bond motifs is 1. The van der Waals surface area contributed by atoms with Crippen LogP contribution in [0.25, 0.3) is 11.1 Å². The molecule has 2 N–H and O–H groups in total. The summed E-state index contributed by atoms with van der Waals surface area (Å²) in [6, 6.07) is 12.1. The number of oxazole rings is 1. The van der Waals surface area contributed by atoms with Crippen molar-refractivity contribution in [3.8, 4) is 0 Å². The number of benzene rings is 2. The molecule has 0 aliphatic rings. The lowest BCUT2D eigenvalue weighted by Crippen LogP contribution is -2.31. The van der Waals surface area contributed by atoms with Gasteiger partial charge < -0.3 is 14.8 Å². The van der Waals surface area contributed by atoms with Crippen LogP contribution in [-0.2, 0) is 11.2 Å². The molecule has 22 heavy (non-hydrogen) atoms. The fourth-order valence-electron chi connectivity index (χ4n) is 2.14. The normalized spacial score (nSPS) is 12.2. The zero-order valence-electron chi connectivity index (χ0n) is 11.5. The molecule has 1 unspecified atom stereocenters. The van der Waals surface area contributed by atoms with Gasteiger partial charge in [-0.1, -0.05) is 24.3 Å². The molecule has 0 amide bonds. The highest BCUT2D eigenvalue weighted by Gasteiger charge is 2.20. The number of nitrogens with one attached hydrogen (secondary N) is 1. The Bertz CT molecular complexity index is 766. The van der Waals surface area contributed by atoms with Crippen LogP contribution in [0.1, 0.15) is 5.56 Å². The van der Waals surface area contributed by atoms with Gasteiger partial charge in [0.25, 0.3) is 6.01 Å². The van der Waals surface area contributed by atoms with E-state index in [2.05, 4.69) is 10.3 Å². The Morgan fingerprint density at radius 3 is 2.64 bits per heavy atom. The summed E-state index contributed by atoms with van der Waals surface area (Å²) in [5, 5.41) is 12.1. The molecule has 0 radical (unpaired) electrons. The third-order valence-corrected chi connectivity index (χ3v) is 3.24. The quantitative estimate of drug-likeness (QED) is 0.757. The van der Waals surface area contributed by atoms with Gasteiger partial charge in [-0.15, -0.1) is 0 Å². The molecule has 2 aromatic carbocycles. The molecule has 6 heteroatoms. The maximum atomic E-state index is 12.9. The Labute approximate surface area is 125 Å². The number of anilines is 1. The standard InChI is InChI=1S/C16H13FN2O3/c17-11-7-5-10(6-8-11)9-13(15(20)21)19-16-18-12-3-1-2-4-14(12)22-16/h1-8,13H,9H2,(H,18,19)(H,20,21). The second kappa shape index (κ2) is 5.85. The number of hydrogen-bond acceptors (Lipinski definition) is 4. The minimum atomic E-state index is -1.04. The van der Waals surface area contributed by atoms with Crippen molar-refractivity contribution in [2.75, 3.05) is 5.32 Å². The second-order valence-corrected chi connectivity index (χ2v) is 4.85. The Kier molecular flexibility index (Phi) is 3.74. The first-order chi connectivity index (χ1) is 10.6. The van der Waals surface area contributed by atoms with Gasteiger partial charge in [0.1, 0.15) is 17.4 Å². The molecule has 0 saturated carbocycles. The number of para-hydroxylation sites is 2. The lowest BCUT2D eigenvalue weighted by molar-refractivity contribution is -0.137. The van der Waals surface area contributed by atoms with Crippen LogP contribution < -0.4 is 5.32 Å². The Morgan fingerprint density at radius 2 is 1.95 bits per heavy atom. The highest BCUT2D eigenvalue weighted by molar-refractivity contribution is 5.78.